The standard InChI is InChI=1S/C31H39Cl2N3O3/c1-3-16-36(17-4-2)30(39)31(15-9-13-23(19-31)29(34)38)25(18-22-10-6-5-7-11-22)27(37)21-35-20-24-12-8-14-26(32)28(24)33/h5-15,25,27,35,37H,3-4,16-21H2,1-2H3,(H2,34,38)/t25-,27+,31?/m1/s1. The summed E-state index contributed by atoms with van der Waals surface area (Å²) in [5.74, 6) is -1.19. The zero-order chi connectivity index (χ0) is 28.4. The number of aliphatic hydroxyl groups is 1. The summed E-state index contributed by atoms with van der Waals surface area (Å²) in [6.45, 7) is 5.87. The lowest BCUT2D eigenvalue weighted by Crippen LogP contribution is -2.54. The second kappa shape index (κ2) is 14.7. The van der Waals surface area contributed by atoms with Gasteiger partial charge in [0.15, 0.2) is 0 Å². The third-order valence-electron chi connectivity index (χ3n) is 7.29. The van der Waals surface area contributed by atoms with Crippen molar-refractivity contribution in [2.24, 2.45) is 17.1 Å². The van der Waals surface area contributed by atoms with E-state index >= 15 is 0 Å². The number of nitrogens with two attached hydrogens (primary N) is 1. The lowest BCUT2D eigenvalue weighted by molar-refractivity contribution is -0.145. The monoisotopic (exact) mass is 571 g/mol. The maximum Gasteiger partial charge on any atom is 0.244 e. The van der Waals surface area contributed by atoms with E-state index in [1.165, 1.54) is 0 Å². The van der Waals surface area contributed by atoms with Crippen LogP contribution in [-0.2, 0) is 22.6 Å². The molecule has 1 aliphatic rings. The van der Waals surface area contributed by atoms with E-state index < -0.39 is 23.3 Å². The molecule has 3 rings (SSSR count). The lowest BCUT2D eigenvalue weighted by Gasteiger charge is -2.44. The molecule has 0 saturated heterocycles. The summed E-state index contributed by atoms with van der Waals surface area (Å²) < 4.78 is 0. The average Bonchev–Trinajstić information content (AvgIpc) is 2.94. The number of rotatable bonds is 14. The van der Waals surface area contributed by atoms with Crippen molar-refractivity contribution in [3.05, 3.63) is 93.5 Å². The van der Waals surface area contributed by atoms with Crippen LogP contribution < -0.4 is 11.1 Å². The van der Waals surface area contributed by atoms with Gasteiger partial charge in [-0.15, -0.1) is 0 Å². The van der Waals surface area contributed by atoms with E-state index in [0.29, 0.717) is 41.7 Å². The van der Waals surface area contributed by atoms with Gasteiger partial charge in [-0.3, -0.25) is 9.59 Å². The van der Waals surface area contributed by atoms with Gasteiger partial charge in [-0.1, -0.05) is 97.7 Å². The molecule has 4 N–H and O–H groups in total. The van der Waals surface area contributed by atoms with Gasteiger partial charge in [0.25, 0.3) is 0 Å². The van der Waals surface area contributed by atoms with Crippen molar-refractivity contribution in [3.8, 4) is 0 Å². The van der Waals surface area contributed by atoms with Gasteiger partial charge in [-0.2, -0.15) is 0 Å². The number of nitrogens with one attached hydrogen (secondary N) is 1. The topological polar surface area (TPSA) is 95.7 Å². The number of hydrogen-bond acceptors (Lipinski definition) is 4. The van der Waals surface area contributed by atoms with E-state index in [1.807, 2.05) is 67.3 Å². The summed E-state index contributed by atoms with van der Waals surface area (Å²) in [5.41, 5.74) is 6.76. The van der Waals surface area contributed by atoms with Crippen molar-refractivity contribution in [1.82, 2.24) is 10.2 Å². The molecule has 2 aromatic carbocycles. The molecule has 6 nitrogen and oxygen atoms in total. The van der Waals surface area contributed by atoms with Crippen molar-refractivity contribution in [2.45, 2.75) is 52.2 Å². The summed E-state index contributed by atoms with van der Waals surface area (Å²) in [4.78, 5) is 28.6. The van der Waals surface area contributed by atoms with Crippen molar-refractivity contribution in [1.29, 1.82) is 0 Å². The Labute approximate surface area is 241 Å². The fourth-order valence-electron chi connectivity index (χ4n) is 5.36. The van der Waals surface area contributed by atoms with Crippen LogP contribution in [0.4, 0.5) is 0 Å². The predicted molar refractivity (Wildman–Crippen MR) is 158 cm³/mol. The van der Waals surface area contributed by atoms with Gasteiger partial charge < -0.3 is 21.1 Å². The van der Waals surface area contributed by atoms with E-state index in [0.717, 1.165) is 24.0 Å². The normalized spacial score (nSPS) is 18.3. The molecule has 0 fully saturated rings. The number of carbonyl (C=O) groups excluding carboxylic acids is 2. The van der Waals surface area contributed by atoms with Crippen molar-refractivity contribution in [2.75, 3.05) is 19.6 Å². The van der Waals surface area contributed by atoms with Crippen LogP contribution in [0, 0.1) is 11.3 Å². The Balaban J connectivity index is 1.99. The molecule has 0 spiro atoms. The molecule has 210 valence electrons. The molecule has 0 aliphatic heterocycles. The number of halogens is 2. The number of benzene rings is 2. The highest BCUT2D eigenvalue weighted by Gasteiger charge is 2.49. The van der Waals surface area contributed by atoms with E-state index in [4.69, 9.17) is 28.9 Å². The Morgan fingerprint density at radius 1 is 1.08 bits per heavy atom. The number of hydrogen-bond donors (Lipinski definition) is 3. The molecule has 1 unspecified atom stereocenters. The van der Waals surface area contributed by atoms with Crippen molar-refractivity contribution in [3.63, 3.8) is 0 Å². The summed E-state index contributed by atoms with van der Waals surface area (Å²) in [6, 6.07) is 15.2. The number of carbonyl (C=O) groups is 2. The smallest absolute Gasteiger partial charge is 0.244 e. The van der Waals surface area contributed by atoms with Crippen LogP contribution >= 0.6 is 23.2 Å². The summed E-state index contributed by atoms with van der Waals surface area (Å²) in [5, 5.41) is 16.0. The third kappa shape index (κ3) is 7.73. The van der Waals surface area contributed by atoms with Gasteiger partial charge in [0.1, 0.15) is 0 Å². The molecular formula is C31H39Cl2N3O3. The molecule has 1 aliphatic carbocycles. The molecule has 2 amide bonds. The zero-order valence-corrected chi connectivity index (χ0v) is 24.2. The first-order valence-electron chi connectivity index (χ1n) is 13.6. The van der Waals surface area contributed by atoms with Crippen LogP contribution in [-0.4, -0.2) is 47.6 Å². The molecular weight excluding hydrogens is 533 g/mol. The van der Waals surface area contributed by atoms with Crippen LogP contribution in [0.5, 0.6) is 0 Å². The van der Waals surface area contributed by atoms with Crippen molar-refractivity contribution >= 4 is 35.0 Å². The van der Waals surface area contributed by atoms with Gasteiger partial charge in [-0.05, 0) is 42.9 Å². The SMILES string of the molecule is CCCN(CCC)C(=O)C1([C@H](Cc2ccccc2)[C@@H](O)CNCc2cccc(Cl)c2Cl)C=CC=C(C(N)=O)C1. The fourth-order valence-corrected chi connectivity index (χ4v) is 5.75. The van der Waals surface area contributed by atoms with E-state index in [9.17, 15) is 14.7 Å². The second-order valence-electron chi connectivity index (χ2n) is 10.1. The molecule has 3 atom stereocenters. The predicted octanol–water partition coefficient (Wildman–Crippen LogP) is 5.31. The minimum Gasteiger partial charge on any atom is -0.391 e. The number of aliphatic hydroxyl groups excluding tert-OH is 1. The average molecular weight is 573 g/mol. The maximum atomic E-state index is 14.4. The van der Waals surface area contributed by atoms with Crippen LogP contribution in [0.1, 0.15) is 44.2 Å². The van der Waals surface area contributed by atoms with E-state index in [2.05, 4.69) is 5.32 Å². The largest absolute Gasteiger partial charge is 0.391 e. The molecule has 39 heavy (non-hydrogen) atoms. The van der Waals surface area contributed by atoms with Crippen molar-refractivity contribution < 1.29 is 14.7 Å². The van der Waals surface area contributed by atoms with Gasteiger partial charge in [0.05, 0.1) is 21.6 Å². The Morgan fingerprint density at radius 3 is 2.41 bits per heavy atom. The molecule has 0 radical (unpaired) electrons. The quantitative estimate of drug-likeness (QED) is 0.286. The van der Waals surface area contributed by atoms with E-state index in [1.54, 1.807) is 18.2 Å². The van der Waals surface area contributed by atoms with Gasteiger partial charge in [0.2, 0.25) is 11.8 Å². The second-order valence-corrected chi connectivity index (χ2v) is 10.9. The summed E-state index contributed by atoms with van der Waals surface area (Å²) in [6.07, 6.45) is 6.53. The molecule has 0 bridgehead atoms. The van der Waals surface area contributed by atoms with Crippen LogP contribution in [0.2, 0.25) is 10.0 Å². The number of allylic oxidation sites excluding steroid dienone is 2. The van der Waals surface area contributed by atoms with Crippen LogP contribution in [0.3, 0.4) is 0 Å². The Bertz CT molecular complexity index is 1180. The van der Waals surface area contributed by atoms with Gasteiger partial charge in [-0.25, -0.2) is 0 Å². The Hall–Kier alpha value is -2.64. The Morgan fingerprint density at radius 2 is 1.77 bits per heavy atom. The maximum absolute atomic E-state index is 14.4. The molecule has 0 heterocycles. The highest BCUT2D eigenvalue weighted by atomic mass is 35.5. The van der Waals surface area contributed by atoms with E-state index in [-0.39, 0.29) is 18.9 Å². The number of amides is 2. The summed E-state index contributed by atoms with van der Waals surface area (Å²) >= 11 is 12.5. The van der Waals surface area contributed by atoms with Gasteiger partial charge >= 0.3 is 0 Å². The minimum absolute atomic E-state index is 0.0906. The highest BCUT2D eigenvalue weighted by Crippen LogP contribution is 2.44. The van der Waals surface area contributed by atoms with Crippen LogP contribution in [0.15, 0.2) is 72.3 Å². The number of primary amides is 1. The minimum atomic E-state index is -1.14. The Kier molecular flexibility index (Phi) is 11.6. The lowest BCUT2D eigenvalue weighted by atomic mass is 9.64. The van der Waals surface area contributed by atoms with Gasteiger partial charge in [0, 0.05) is 37.7 Å². The first-order chi connectivity index (χ1) is 18.7. The summed E-state index contributed by atoms with van der Waals surface area (Å²) in [7, 11) is 0. The number of nitrogens with zero attached hydrogens (tertiary/aromatic N) is 1. The molecule has 8 heteroatoms. The fraction of sp³-hybridized carbons (Fsp3) is 0.419. The first kappa shape index (κ1) is 30.9. The molecule has 0 aromatic heterocycles. The zero-order valence-electron chi connectivity index (χ0n) is 22.7. The van der Waals surface area contributed by atoms with Crippen LogP contribution in [0.25, 0.3) is 0 Å². The highest BCUT2D eigenvalue weighted by molar-refractivity contribution is 6.42. The molecule has 2 aromatic rings. The molecule has 0 saturated carbocycles. The third-order valence-corrected chi connectivity index (χ3v) is 8.15. The first-order valence-corrected chi connectivity index (χ1v) is 14.3.